The minimum absolute atomic E-state index is 0.0397. The molecule has 0 radical (unpaired) electrons. The Bertz CT molecular complexity index is 668. The summed E-state index contributed by atoms with van der Waals surface area (Å²) in [5.74, 6) is -0.0397. The summed E-state index contributed by atoms with van der Waals surface area (Å²) in [5.41, 5.74) is 1.83. The van der Waals surface area contributed by atoms with Crippen LogP contribution < -0.4 is 5.32 Å². The summed E-state index contributed by atoms with van der Waals surface area (Å²) in [4.78, 5) is 18.7. The molecule has 3 rings (SSSR count). The van der Waals surface area contributed by atoms with Crippen LogP contribution in [0.2, 0.25) is 0 Å². The molecule has 0 aliphatic carbocycles. The van der Waals surface area contributed by atoms with Gasteiger partial charge in [0.2, 0.25) is 0 Å². The number of aliphatic hydroxyl groups is 1. The van der Waals surface area contributed by atoms with Gasteiger partial charge in [-0.3, -0.25) is 4.79 Å². The van der Waals surface area contributed by atoms with Gasteiger partial charge in [-0.1, -0.05) is 12.1 Å². The molecule has 7 heteroatoms. The first-order valence-corrected chi connectivity index (χ1v) is 7.60. The number of rotatable bonds is 4. The highest BCUT2D eigenvalue weighted by atomic mass is 16.5. The number of aromatic nitrogens is 2. The Kier molecular flexibility index (Phi) is 4.35. The van der Waals surface area contributed by atoms with Crippen molar-refractivity contribution in [3.63, 3.8) is 0 Å². The lowest BCUT2D eigenvalue weighted by molar-refractivity contribution is 0.0690. The zero-order valence-electron chi connectivity index (χ0n) is 12.6. The van der Waals surface area contributed by atoms with Crippen LogP contribution in [0.3, 0.4) is 0 Å². The van der Waals surface area contributed by atoms with Gasteiger partial charge in [0.25, 0.3) is 11.6 Å². The predicted molar refractivity (Wildman–Crippen MR) is 80.6 cm³/mol. The Hall–Kier alpha value is -1.99. The number of aliphatic hydroxyl groups excluding tert-OH is 1. The van der Waals surface area contributed by atoms with Crippen LogP contribution in [0.1, 0.15) is 29.4 Å². The third kappa shape index (κ3) is 2.82. The number of hydrogen-bond acceptors (Lipinski definition) is 6. The van der Waals surface area contributed by atoms with E-state index in [1.54, 1.807) is 11.1 Å². The topological polar surface area (TPSA) is 91.5 Å². The number of pyridine rings is 1. The van der Waals surface area contributed by atoms with Crippen LogP contribution in [0.25, 0.3) is 11.1 Å². The Morgan fingerprint density at radius 1 is 1.59 bits per heavy atom. The predicted octanol–water partition coefficient (Wildman–Crippen LogP) is 0.582. The smallest absolute Gasteiger partial charge is 0.257 e. The fourth-order valence-electron chi connectivity index (χ4n) is 2.79. The molecule has 1 unspecified atom stereocenters. The van der Waals surface area contributed by atoms with Crippen molar-refractivity contribution in [3.05, 3.63) is 23.5 Å². The number of piperazine rings is 1. The summed E-state index contributed by atoms with van der Waals surface area (Å²) in [6.07, 6.45) is 2.92. The summed E-state index contributed by atoms with van der Waals surface area (Å²) in [7, 11) is 0. The van der Waals surface area contributed by atoms with E-state index in [2.05, 4.69) is 15.5 Å². The van der Waals surface area contributed by atoms with Gasteiger partial charge in [0.15, 0.2) is 0 Å². The van der Waals surface area contributed by atoms with Gasteiger partial charge in [-0.15, -0.1) is 0 Å². The molecule has 1 amide bonds. The Labute approximate surface area is 128 Å². The van der Waals surface area contributed by atoms with Gasteiger partial charge in [0.1, 0.15) is 0 Å². The van der Waals surface area contributed by atoms with Gasteiger partial charge in [-0.2, -0.15) is 0 Å². The molecule has 118 valence electrons. The molecule has 2 aromatic rings. The zero-order chi connectivity index (χ0) is 15.5. The molecule has 0 aromatic carbocycles. The van der Waals surface area contributed by atoms with Gasteiger partial charge in [0.05, 0.1) is 16.6 Å². The second kappa shape index (κ2) is 6.41. The summed E-state index contributed by atoms with van der Waals surface area (Å²) in [6, 6.07) is 1.95. The standard InChI is InChI=1S/C15H20N4O3/c1-2-13-12-7-10(8-17-14(12)22-18-13)15(21)19-5-4-16-11(9-19)3-6-20/h7-8,11,16,20H,2-6,9H2,1H3. The number of aryl methyl sites for hydroxylation is 1. The van der Waals surface area contributed by atoms with E-state index in [4.69, 9.17) is 9.63 Å². The summed E-state index contributed by atoms with van der Waals surface area (Å²) in [6.45, 7) is 4.10. The van der Waals surface area contributed by atoms with Crippen molar-refractivity contribution in [3.8, 4) is 0 Å². The number of fused-ring (bicyclic) bond motifs is 1. The molecule has 1 aliphatic heterocycles. The fourth-order valence-corrected chi connectivity index (χ4v) is 2.79. The second-order valence-electron chi connectivity index (χ2n) is 5.47. The SMILES string of the molecule is CCc1noc2ncc(C(=O)N3CCNC(CCO)C3)cc12. The molecule has 2 aromatic heterocycles. The number of hydrogen-bond donors (Lipinski definition) is 2. The van der Waals surface area contributed by atoms with Gasteiger partial charge < -0.3 is 19.8 Å². The van der Waals surface area contributed by atoms with E-state index in [-0.39, 0.29) is 18.6 Å². The molecular weight excluding hydrogens is 284 g/mol. The van der Waals surface area contributed by atoms with E-state index < -0.39 is 0 Å². The molecule has 1 atom stereocenters. The minimum Gasteiger partial charge on any atom is -0.396 e. The van der Waals surface area contributed by atoms with Crippen LogP contribution >= 0.6 is 0 Å². The molecule has 0 bridgehead atoms. The molecule has 1 saturated heterocycles. The van der Waals surface area contributed by atoms with Crippen molar-refractivity contribution in [2.45, 2.75) is 25.8 Å². The number of nitrogens with one attached hydrogen (secondary N) is 1. The first-order valence-electron chi connectivity index (χ1n) is 7.60. The summed E-state index contributed by atoms with van der Waals surface area (Å²) < 4.78 is 5.15. The highest BCUT2D eigenvalue weighted by molar-refractivity contribution is 5.97. The first-order chi connectivity index (χ1) is 10.7. The van der Waals surface area contributed by atoms with Gasteiger partial charge in [-0.05, 0) is 18.9 Å². The summed E-state index contributed by atoms with van der Waals surface area (Å²) in [5, 5.41) is 17.1. The minimum atomic E-state index is -0.0397. The maximum Gasteiger partial charge on any atom is 0.257 e. The van der Waals surface area contributed by atoms with Crippen molar-refractivity contribution in [2.75, 3.05) is 26.2 Å². The van der Waals surface area contributed by atoms with Gasteiger partial charge in [-0.25, -0.2) is 4.98 Å². The number of carbonyl (C=O) groups is 1. The van der Waals surface area contributed by atoms with Gasteiger partial charge >= 0.3 is 0 Å². The molecule has 0 spiro atoms. The van der Waals surface area contributed by atoms with Crippen LogP contribution in [0.4, 0.5) is 0 Å². The van der Waals surface area contributed by atoms with E-state index >= 15 is 0 Å². The maximum atomic E-state index is 12.7. The van der Waals surface area contributed by atoms with E-state index in [0.717, 1.165) is 24.0 Å². The zero-order valence-corrected chi connectivity index (χ0v) is 12.6. The lowest BCUT2D eigenvalue weighted by Gasteiger charge is -2.33. The van der Waals surface area contributed by atoms with Crippen LogP contribution in [-0.4, -0.2) is 58.3 Å². The third-order valence-electron chi connectivity index (χ3n) is 4.01. The molecule has 7 nitrogen and oxygen atoms in total. The Morgan fingerprint density at radius 2 is 2.45 bits per heavy atom. The van der Waals surface area contributed by atoms with Crippen LogP contribution in [-0.2, 0) is 6.42 Å². The second-order valence-corrected chi connectivity index (χ2v) is 5.47. The van der Waals surface area contributed by atoms with Crippen molar-refractivity contribution in [1.29, 1.82) is 0 Å². The van der Waals surface area contributed by atoms with Crippen molar-refractivity contribution < 1.29 is 14.4 Å². The van der Waals surface area contributed by atoms with E-state index in [1.807, 2.05) is 13.0 Å². The molecule has 1 fully saturated rings. The van der Waals surface area contributed by atoms with E-state index in [0.29, 0.717) is 30.8 Å². The Morgan fingerprint density at radius 3 is 3.23 bits per heavy atom. The number of amides is 1. The quantitative estimate of drug-likeness (QED) is 0.858. The van der Waals surface area contributed by atoms with Gasteiger partial charge in [0, 0.05) is 38.5 Å². The van der Waals surface area contributed by atoms with Crippen molar-refractivity contribution >= 4 is 17.0 Å². The third-order valence-corrected chi connectivity index (χ3v) is 4.01. The average molecular weight is 304 g/mol. The molecule has 1 aliphatic rings. The summed E-state index contributed by atoms with van der Waals surface area (Å²) >= 11 is 0. The maximum absolute atomic E-state index is 12.7. The highest BCUT2D eigenvalue weighted by Gasteiger charge is 2.24. The largest absolute Gasteiger partial charge is 0.396 e. The van der Waals surface area contributed by atoms with Crippen LogP contribution in [0.15, 0.2) is 16.8 Å². The van der Waals surface area contributed by atoms with Crippen molar-refractivity contribution in [2.24, 2.45) is 0 Å². The van der Waals surface area contributed by atoms with Crippen LogP contribution in [0, 0.1) is 0 Å². The number of nitrogens with zero attached hydrogens (tertiary/aromatic N) is 3. The van der Waals surface area contributed by atoms with E-state index in [1.165, 1.54) is 0 Å². The molecule has 2 N–H and O–H groups in total. The normalized spacial score (nSPS) is 18.8. The Balaban J connectivity index is 1.82. The van der Waals surface area contributed by atoms with Crippen LogP contribution in [0.5, 0.6) is 0 Å². The average Bonchev–Trinajstić information content (AvgIpc) is 2.97. The lowest BCUT2D eigenvalue weighted by Crippen LogP contribution is -2.52. The molecule has 3 heterocycles. The monoisotopic (exact) mass is 304 g/mol. The lowest BCUT2D eigenvalue weighted by atomic mass is 10.1. The van der Waals surface area contributed by atoms with Crippen molar-refractivity contribution in [1.82, 2.24) is 20.4 Å². The molecule has 22 heavy (non-hydrogen) atoms. The molecule has 0 saturated carbocycles. The number of carbonyl (C=O) groups excluding carboxylic acids is 1. The molecular formula is C15H20N4O3. The fraction of sp³-hybridized carbons (Fsp3) is 0.533. The highest BCUT2D eigenvalue weighted by Crippen LogP contribution is 2.19. The first kappa shape index (κ1) is 14.9. The van der Waals surface area contributed by atoms with E-state index in [9.17, 15) is 4.79 Å².